The molecule has 0 saturated heterocycles. The molecular weight excluding hydrogens is 174 g/mol. The van der Waals surface area contributed by atoms with Crippen molar-refractivity contribution in [3.05, 3.63) is 34.9 Å². The monoisotopic (exact) mass is 191 g/mol. The molecular formula is C12H17NO. The lowest BCUT2D eigenvalue weighted by molar-refractivity contribution is -0.109. The third kappa shape index (κ3) is 2.34. The van der Waals surface area contributed by atoms with Crippen LogP contribution in [0.15, 0.2) is 18.2 Å². The van der Waals surface area contributed by atoms with Gasteiger partial charge in [-0.1, -0.05) is 32.0 Å². The summed E-state index contributed by atoms with van der Waals surface area (Å²) in [6.45, 7) is 4.93. The van der Waals surface area contributed by atoms with Gasteiger partial charge in [0.1, 0.15) is 0 Å². The Hall–Kier alpha value is -1.31. The molecule has 0 aromatic heterocycles. The summed E-state index contributed by atoms with van der Waals surface area (Å²) < 4.78 is 0. The highest BCUT2D eigenvalue weighted by atomic mass is 16.1. The first kappa shape index (κ1) is 10.8. The predicted octanol–water partition coefficient (Wildman–Crippen LogP) is 2.06. The van der Waals surface area contributed by atoms with Crippen LogP contribution in [-0.4, -0.2) is 6.41 Å². The van der Waals surface area contributed by atoms with E-state index in [0.717, 1.165) is 19.3 Å². The fourth-order valence-electron chi connectivity index (χ4n) is 1.72. The number of aryl methyl sites for hydroxylation is 2. The van der Waals surface area contributed by atoms with Crippen molar-refractivity contribution in [1.82, 2.24) is 5.32 Å². The summed E-state index contributed by atoms with van der Waals surface area (Å²) >= 11 is 0. The summed E-state index contributed by atoms with van der Waals surface area (Å²) in [5.41, 5.74) is 3.95. The van der Waals surface area contributed by atoms with Gasteiger partial charge in [-0.2, -0.15) is 0 Å². The van der Waals surface area contributed by atoms with Crippen LogP contribution in [0.5, 0.6) is 0 Å². The molecule has 0 aliphatic carbocycles. The lowest BCUT2D eigenvalue weighted by Gasteiger charge is -2.12. The largest absolute Gasteiger partial charge is 0.355 e. The van der Waals surface area contributed by atoms with Crippen LogP contribution in [-0.2, 0) is 24.2 Å². The van der Waals surface area contributed by atoms with Crippen molar-refractivity contribution in [3.63, 3.8) is 0 Å². The number of carbonyl (C=O) groups excluding carboxylic acids is 1. The minimum Gasteiger partial charge on any atom is -0.355 e. The molecule has 0 aliphatic rings. The van der Waals surface area contributed by atoms with Crippen molar-refractivity contribution in [2.24, 2.45) is 0 Å². The van der Waals surface area contributed by atoms with Crippen LogP contribution in [0, 0.1) is 0 Å². The van der Waals surface area contributed by atoms with Crippen LogP contribution in [0.3, 0.4) is 0 Å². The first-order chi connectivity index (χ1) is 6.83. The number of hydrogen-bond donors (Lipinski definition) is 1. The van der Waals surface area contributed by atoms with E-state index >= 15 is 0 Å². The van der Waals surface area contributed by atoms with Gasteiger partial charge in [0.05, 0.1) is 0 Å². The molecule has 0 saturated carbocycles. The van der Waals surface area contributed by atoms with Crippen LogP contribution in [0.25, 0.3) is 0 Å². The van der Waals surface area contributed by atoms with E-state index in [-0.39, 0.29) is 0 Å². The number of amides is 1. The summed E-state index contributed by atoms with van der Waals surface area (Å²) in [4.78, 5) is 10.3. The second-order valence-corrected chi connectivity index (χ2v) is 3.26. The smallest absolute Gasteiger partial charge is 0.207 e. The van der Waals surface area contributed by atoms with Gasteiger partial charge in [-0.25, -0.2) is 0 Å². The Morgan fingerprint density at radius 2 is 1.79 bits per heavy atom. The second-order valence-electron chi connectivity index (χ2n) is 3.26. The maximum atomic E-state index is 10.3. The Kier molecular flexibility index (Phi) is 4.17. The first-order valence-electron chi connectivity index (χ1n) is 5.10. The SMILES string of the molecule is CCc1cccc(CC)c1CNC=O. The van der Waals surface area contributed by atoms with Gasteiger partial charge in [-0.3, -0.25) is 4.79 Å². The molecule has 1 aromatic carbocycles. The molecule has 0 atom stereocenters. The van der Waals surface area contributed by atoms with Crippen molar-refractivity contribution < 1.29 is 4.79 Å². The van der Waals surface area contributed by atoms with E-state index in [2.05, 4.69) is 37.4 Å². The van der Waals surface area contributed by atoms with Gasteiger partial charge in [0, 0.05) is 6.54 Å². The van der Waals surface area contributed by atoms with E-state index in [4.69, 9.17) is 0 Å². The second kappa shape index (κ2) is 5.43. The summed E-state index contributed by atoms with van der Waals surface area (Å²) in [7, 11) is 0. The normalized spacial score (nSPS) is 9.86. The summed E-state index contributed by atoms with van der Waals surface area (Å²) in [5.74, 6) is 0. The highest BCUT2D eigenvalue weighted by Gasteiger charge is 2.04. The maximum absolute atomic E-state index is 10.3. The molecule has 0 fully saturated rings. The van der Waals surface area contributed by atoms with Crippen LogP contribution < -0.4 is 5.32 Å². The molecule has 0 radical (unpaired) electrons. The lowest BCUT2D eigenvalue weighted by atomic mass is 9.97. The van der Waals surface area contributed by atoms with E-state index in [0.29, 0.717) is 6.54 Å². The molecule has 76 valence electrons. The molecule has 0 aliphatic heterocycles. The van der Waals surface area contributed by atoms with Gasteiger partial charge in [0.25, 0.3) is 0 Å². The molecule has 1 aromatic rings. The Labute approximate surface area is 85.3 Å². The van der Waals surface area contributed by atoms with Crippen LogP contribution in [0.4, 0.5) is 0 Å². The van der Waals surface area contributed by atoms with Crippen molar-refractivity contribution >= 4 is 6.41 Å². The topological polar surface area (TPSA) is 29.1 Å². The number of nitrogens with one attached hydrogen (secondary N) is 1. The minimum absolute atomic E-state index is 0.649. The molecule has 1 rings (SSSR count). The zero-order valence-corrected chi connectivity index (χ0v) is 8.84. The number of rotatable bonds is 5. The highest BCUT2D eigenvalue weighted by molar-refractivity contribution is 5.47. The lowest BCUT2D eigenvalue weighted by Crippen LogP contribution is -2.13. The Morgan fingerprint density at radius 3 is 2.21 bits per heavy atom. The van der Waals surface area contributed by atoms with E-state index in [1.165, 1.54) is 16.7 Å². The Balaban J connectivity index is 2.99. The standard InChI is InChI=1S/C12H17NO/c1-3-10-6-5-7-11(4-2)12(10)8-13-9-14/h5-7,9H,3-4,8H2,1-2H3,(H,13,14). The van der Waals surface area contributed by atoms with E-state index in [1.54, 1.807) is 0 Å². The van der Waals surface area contributed by atoms with Gasteiger partial charge in [0.15, 0.2) is 0 Å². The fraction of sp³-hybridized carbons (Fsp3) is 0.417. The average Bonchev–Trinajstić information content (AvgIpc) is 2.25. The molecule has 0 unspecified atom stereocenters. The summed E-state index contributed by atoms with van der Waals surface area (Å²) in [6, 6.07) is 6.34. The zero-order chi connectivity index (χ0) is 10.4. The first-order valence-corrected chi connectivity index (χ1v) is 5.10. The Morgan fingerprint density at radius 1 is 1.21 bits per heavy atom. The van der Waals surface area contributed by atoms with Crippen molar-refractivity contribution in [3.8, 4) is 0 Å². The fourth-order valence-corrected chi connectivity index (χ4v) is 1.72. The third-order valence-electron chi connectivity index (χ3n) is 2.49. The summed E-state index contributed by atoms with van der Waals surface area (Å²) in [5, 5.41) is 2.73. The van der Waals surface area contributed by atoms with E-state index in [1.807, 2.05) is 0 Å². The molecule has 0 spiro atoms. The number of benzene rings is 1. The van der Waals surface area contributed by atoms with E-state index < -0.39 is 0 Å². The number of carbonyl (C=O) groups is 1. The molecule has 14 heavy (non-hydrogen) atoms. The van der Waals surface area contributed by atoms with Gasteiger partial charge in [0.2, 0.25) is 6.41 Å². The maximum Gasteiger partial charge on any atom is 0.207 e. The van der Waals surface area contributed by atoms with Crippen molar-refractivity contribution in [2.75, 3.05) is 0 Å². The third-order valence-corrected chi connectivity index (χ3v) is 2.49. The van der Waals surface area contributed by atoms with Gasteiger partial charge in [-0.15, -0.1) is 0 Å². The average molecular weight is 191 g/mol. The Bertz CT molecular complexity index is 285. The van der Waals surface area contributed by atoms with Crippen LogP contribution in [0.2, 0.25) is 0 Å². The van der Waals surface area contributed by atoms with Gasteiger partial charge in [-0.05, 0) is 29.5 Å². The quantitative estimate of drug-likeness (QED) is 0.709. The number of hydrogen-bond acceptors (Lipinski definition) is 1. The molecule has 2 heteroatoms. The van der Waals surface area contributed by atoms with Crippen LogP contribution in [0.1, 0.15) is 30.5 Å². The van der Waals surface area contributed by atoms with Gasteiger partial charge >= 0.3 is 0 Å². The summed E-state index contributed by atoms with van der Waals surface area (Å²) in [6.07, 6.45) is 2.79. The molecule has 1 amide bonds. The molecule has 0 heterocycles. The molecule has 0 bridgehead atoms. The zero-order valence-electron chi connectivity index (χ0n) is 8.84. The molecule has 1 N–H and O–H groups in total. The van der Waals surface area contributed by atoms with E-state index in [9.17, 15) is 4.79 Å². The van der Waals surface area contributed by atoms with Gasteiger partial charge < -0.3 is 5.32 Å². The molecule has 2 nitrogen and oxygen atoms in total. The van der Waals surface area contributed by atoms with Crippen LogP contribution >= 0.6 is 0 Å². The minimum atomic E-state index is 0.649. The van der Waals surface area contributed by atoms with Crippen molar-refractivity contribution in [1.29, 1.82) is 0 Å². The van der Waals surface area contributed by atoms with Crippen molar-refractivity contribution in [2.45, 2.75) is 33.2 Å². The highest BCUT2D eigenvalue weighted by Crippen LogP contribution is 2.16. The predicted molar refractivity (Wildman–Crippen MR) is 58.1 cm³/mol.